The Hall–Kier alpha value is -0.890. The van der Waals surface area contributed by atoms with Gasteiger partial charge in [-0.2, -0.15) is 0 Å². The highest BCUT2D eigenvalue weighted by atomic mass is 32.1. The zero-order valence-corrected chi connectivity index (χ0v) is 8.54. The average molecular weight is 194 g/mol. The van der Waals surface area contributed by atoms with Crippen LogP contribution in [-0.2, 0) is 6.42 Å². The monoisotopic (exact) mass is 194 g/mol. The van der Waals surface area contributed by atoms with Gasteiger partial charge < -0.3 is 0 Å². The number of benzene rings is 1. The summed E-state index contributed by atoms with van der Waals surface area (Å²) in [6, 6.07) is 3.44. The third-order valence-electron chi connectivity index (χ3n) is 2.39. The molecule has 2 heteroatoms. The van der Waals surface area contributed by atoms with Gasteiger partial charge in [-0.15, -0.1) is 11.3 Å². The highest BCUT2D eigenvalue weighted by Gasteiger charge is 2.07. The lowest BCUT2D eigenvalue weighted by atomic mass is 10.1. The number of halogens is 1. The first-order valence-electron chi connectivity index (χ1n) is 4.39. The van der Waals surface area contributed by atoms with E-state index in [1.807, 2.05) is 13.0 Å². The molecule has 13 heavy (non-hydrogen) atoms. The summed E-state index contributed by atoms with van der Waals surface area (Å²) in [5.41, 5.74) is 2.10. The second-order valence-electron chi connectivity index (χ2n) is 3.16. The van der Waals surface area contributed by atoms with Crippen molar-refractivity contribution in [3.63, 3.8) is 0 Å². The largest absolute Gasteiger partial charge is 0.207 e. The number of hydrogen-bond acceptors (Lipinski definition) is 1. The van der Waals surface area contributed by atoms with Crippen molar-refractivity contribution in [2.45, 2.75) is 20.3 Å². The fourth-order valence-corrected chi connectivity index (χ4v) is 2.69. The van der Waals surface area contributed by atoms with Crippen LogP contribution in [0.4, 0.5) is 4.39 Å². The fourth-order valence-electron chi connectivity index (χ4n) is 1.54. The molecule has 0 aliphatic heterocycles. The van der Waals surface area contributed by atoms with E-state index in [1.54, 1.807) is 17.4 Å². The van der Waals surface area contributed by atoms with Gasteiger partial charge in [-0.25, -0.2) is 4.39 Å². The Morgan fingerprint density at radius 1 is 1.38 bits per heavy atom. The van der Waals surface area contributed by atoms with E-state index in [1.165, 1.54) is 10.9 Å². The van der Waals surface area contributed by atoms with Gasteiger partial charge in [0.1, 0.15) is 5.82 Å². The zero-order chi connectivity index (χ0) is 9.42. The molecule has 0 saturated heterocycles. The maximum Gasteiger partial charge on any atom is 0.127 e. The van der Waals surface area contributed by atoms with Crippen molar-refractivity contribution in [3.8, 4) is 0 Å². The summed E-state index contributed by atoms with van der Waals surface area (Å²) < 4.78 is 14.3. The highest BCUT2D eigenvalue weighted by Crippen LogP contribution is 2.30. The molecule has 0 nitrogen and oxygen atoms in total. The molecule has 0 aliphatic rings. The summed E-state index contributed by atoms with van der Waals surface area (Å²) in [5, 5.41) is 3.34. The van der Waals surface area contributed by atoms with E-state index in [4.69, 9.17) is 0 Å². The van der Waals surface area contributed by atoms with Gasteiger partial charge in [0.15, 0.2) is 0 Å². The molecule has 0 atom stereocenters. The Morgan fingerprint density at radius 2 is 2.15 bits per heavy atom. The molecule has 0 saturated carbocycles. The Balaban J connectivity index is 2.81. The molecular weight excluding hydrogens is 183 g/mol. The second kappa shape index (κ2) is 3.11. The van der Waals surface area contributed by atoms with Crippen molar-refractivity contribution < 1.29 is 4.39 Å². The molecule has 1 aromatic carbocycles. The maximum atomic E-state index is 13.2. The van der Waals surface area contributed by atoms with Gasteiger partial charge in [0.2, 0.25) is 0 Å². The molecule has 2 rings (SSSR count). The minimum Gasteiger partial charge on any atom is -0.207 e. The average Bonchev–Trinajstić information content (AvgIpc) is 2.55. The summed E-state index contributed by atoms with van der Waals surface area (Å²) in [5.74, 6) is -0.1000. The van der Waals surface area contributed by atoms with E-state index < -0.39 is 0 Å². The van der Waals surface area contributed by atoms with Crippen molar-refractivity contribution in [2.75, 3.05) is 0 Å². The standard InChI is InChI=1S/C11H11FS/c1-3-8-6-13-11-7(2)10(12)5-4-9(8)11/h4-6H,3H2,1-2H3. The van der Waals surface area contributed by atoms with E-state index >= 15 is 0 Å². The predicted octanol–water partition coefficient (Wildman–Crippen LogP) is 3.91. The number of aryl methyl sites for hydroxylation is 2. The third kappa shape index (κ3) is 1.25. The van der Waals surface area contributed by atoms with Crippen LogP contribution in [0.15, 0.2) is 17.5 Å². The summed E-state index contributed by atoms with van der Waals surface area (Å²) in [6.45, 7) is 3.97. The molecule has 1 aromatic heterocycles. The summed E-state index contributed by atoms with van der Waals surface area (Å²) in [6.07, 6.45) is 1.02. The zero-order valence-electron chi connectivity index (χ0n) is 7.73. The van der Waals surface area contributed by atoms with Crippen molar-refractivity contribution in [3.05, 3.63) is 34.5 Å². The smallest absolute Gasteiger partial charge is 0.127 e. The molecule has 1 heterocycles. The predicted molar refractivity (Wildman–Crippen MR) is 55.9 cm³/mol. The van der Waals surface area contributed by atoms with Gasteiger partial charge in [0, 0.05) is 10.3 Å². The van der Waals surface area contributed by atoms with Gasteiger partial charge in [-0.1, -0.05) is 13.0 Å². The first-order chi connectivity index (χ1) is 6.24. The Bertz CT molecular complexity index is 443. The van der Waals surface area contributed by atoms with Crippen LogP contribution in [0.2, 0.25) is 0 Å². The van der Waals surface area contributed by atoms with E-state index in [0.29, 0.717) is 0 Å². The van der Waals surface area contributed by atoms with Gasteiger partial charge in [-0.3, -0.25) is 0 Å². The SMILES string of the molecule is CCc1csc2c(C)c(F)ccc12. The fraction of sp³-hybridized carbons (Fsp3) is 0.273. The van der Waals surface area contributed by atoms with E-state index in [0.717, 1.165) is 16.7 Å². The Morgan fingerprint density at radius 3 is 2.85 bits per heavy atom. The normalized spacial score (nSPS) is 11.0. The highest BCUT2D eigenvalue weighted by molar-refractivity contribution is 7.17. The van der Waals surface area contributed by atoms with E-state index in [9.17, 15) is 4.39 Å². The quantitative estimate of drug-likeness (QED) is 0.645. The van der Waals surface area contributed by atoms with Crippen LogP contribution in [0.3, 0.4) is 0 Å². The minimum atomic E-state index is -0.1000. The van der Waals surface area contributed by atoms with Crippen molar-refractivity contribution in [1.82, 2.24) is 0 Å². The third-order valence-corrected chi connectivity index (χ3v) is 3.55. The molecule has 0 spiro atoms. The Kier molecular flexibility index (Phi) is 2.08. The minimum absolute atomic E-state index is 0.1000. The molecule has 0 radical (unpaired) electrons. The molecule has 2 aromatic rings. The molecule has 0 N–H and O–H groups in total. The van der Waals surface area contributed by atoms with Crippen LogP contribution in [0, 0.1) is 12.7 Å². The van der Waals surface area contributed by atoms with Gasteiger partial charge in [0.05, 0.1) is 0 Å². The number of thiophene rings is 1. The first kappa shape index (κ1) is 8.70. The Labute approximate surface area is 81.0 Å². The summed E-state index contributed by atoms with van der Waals surface area (Å²) in [4.78, 5) is 0. The van der Waals surface area contributed by atoms with E-state index in [2.05, 4.69) is 12.3 Å². The number of fused-ring (bicyclic) bond motifs is 1. The van der Waals surface area contributed by atoms with Gasteiger partial charge >= 0.3 is 0 Å². The van der Waals surface area contributed by atoms with Crippen LogP contribution < -0.4 is 0 Å². The molecule has 0 bridgehead atoms. The van der Waals surface area contributed by atoms with Crippen LogP contribution in [0.5, 0.6) is 0 Å². The summed E-state index contributed by atoms with van der Waals surface area (Å²) >= 11 is 1.64. The van der Waals surface area contributed by atoms with Crippen molar-refractivity contribution in [1.29, 1.82) is 0 Å². The number of rotatable bonds is 1. The molecular formula is C11H11FS. The summed E-state index contributed by atoms with van der Waals surface area (Å²) in [7, 11) is 0. The molecule has 68 valence electrons. The van der Waals surface area contributed by atoms with Crippen LogP contribution >= 0.6 is 11.3 Å². The maximum absolute atomic E-state index is 13.2. The molecule has 0 amide bonds. The topological polar surface area (TPSA) is 0 Å². The van der Waals surface area contributed by atoms with E-state index in [-0.39, 0.29) is 5.82 Å². The van der Waals surface area contributed by atoms with Crippen LogP contribution in [0.1, 0.15) is 18.1 Å². The lowest BCUT2D eigenvalue weighted by Crippen LogP contribution is -1.82. The molecule has 0 fully saturated rings. The molecule has 0 aliphatic carbocycles. The number of hydrogen-bond donors (Lipinski definition) is 0. The lowest BCUT2D eigenvalue weighted by molar-refractivity contribution is 0.621. The van der Waals surface area contributed by atoms with Crippen LogP contribution in [0.25, 0.3) is 10.1 Å². The van der Waals surface area contributed by atoms with Crippen molar-refractivity contribution in [2.24, 2.45) is 0 Å². The lowest BCUT2D eigenvalue weighted by Gasteiger charge is -1.98. The molecule has 0 unspecified atom stereocenters. The van der Waals surface area contributed by atoms with Crippen LogP contribution in [-0.4, -0.2) is 0 Å². The van der Waals surface area contributed by atoms with Gasteiger partial charge in [-0.05, 0) is 35.7 Å². The second-order valence-corrected chi connectivity index (χ2v) is 4.04. The van der Waals surface area contributed by atoms with Crippen molar-refractivity contribution >= 4 is 21.4 Å². The first-order valence-corrected chi connectivity index (χ1v) is 5.27. The van der Waals surface area contributed by atoms with Gasteiger partial charge in [0.25, 0.3) is 0 Å².